The van der Waals surface area contributed by atoms with Gasteiger partial charge in [-0.15, -0.1) is 0 Å². The fraction of sp³-hybridized carbons (Fsp3) is 1.00. The van der Waals surface area contributed by atoms with Crippen LogP contribution in [0, 0.1) is 134 Å². The van der Waals surface area contributed by atoms with Crippen LogP contribution in [0.4, 0.5) is 136 Å². The van der Waals surface area contributed by atoms with Gasteiger partial charge in [0, 0.05) is 36.0 Å². The summed E-state index contributed by atoms with van der Waals surface area (Å²) in [4.78, 5) is 0. The summed E-state index contributed by atoms with van der Waals surface area (Å²) < 4.78 is 374. The van der Waals surface area contributed by atoms with Crippen LogP contribution in [0.15, 0.2) is 0 Å². The summed E-state index contributed by atoms with van der Waals surface area (Å²) in [6, 6.07) is 0. The Bertz CT molecular complexity index is 2310. The zero-order chi connectivity index (χ0) is 102. The monoisotopic (exact) mass is 1880 g/mol. The average molecular weight is 1880 g/mol. The molecule has 19 atom stereocenters. The van der Waals surface area contributed by atoms with E-state index >= 15 is 0 Å². The van der Waals surface area contributed by atoms with E-state index < -0.39 is 169 Å². The molecule has 764 valence electrons. The van der Waals surface area contributed by atoms with Crippen LogP contribution in [0.5, 0.6) is 0 Å². The predicted molar refractivity (Wildman–Crippen MR) is 454 cm³/mol. The third kappa shape index (κ3) is 66.2. The van der Waals surface area contributed by atoms with Gasteiger partial charge in [0.05, 0.1) is 35.8 Å². The van der Waals surface area contributed by atoms with Crippen molar-refractivity contribution in [2.45, 2.75) is 459 Å². The summed E-state index contributed by atoms with van der Waals surface area (Å²) in [6.45, 7) is 64.9. The van der Waals surface area contributed by atoms with Crippen LogP contribution in [0.1, 0.15) is 378 Å². The van der Waals surface area contributed by atoms with Crippen LogP contribution in [-0.4, -0.2) is 87.2 Å². The molecule has 0 nitrogen and oxygen atoms in total. The minimum Gasteiger partial charge on any atom is -0.251 e. The molecule has 16 unspecified atom stereocenters. The minimum absolute atomic E-state index is 0.0509. The van der Waals surface area contributed by atoms with Gasteiger partial charge >= 0.3 is 43.2 Å². The van der Waals surface area contributed by atoms with E-state index in [1.807, 2.05) is 20.8 Å². The van der Waals surface area contributed by atoms with Gasteiger partial charge in [-0.2, -0.15) is 92.2 Å². The van der Waals surface area contributed by atoms with E-state index in [1.54, 1.807) is 34.6 Å². The van der Waals surface area contributed by atoms with Gasteiger partial charge in [-0.25, -0.2) is 39.5 Å². The largest absolute Gasteiger partial charge is 0.402 e. The summed E-state index contributed by atoms with van der Waals surface area (Å²) in [7, 11) is 0. The summed E-state index contributed by atoms with van der Waals surface area (Å²) in [5.41, 5.74) is -4.01. The van der Waals surface area contributed by atoms with Crippen molar-refractivity contribution in [1.29, 1.82) is 0 Å². The lowest BCUT2D eigenvalue weighted by molar-refractivity contribution is -0.335. The first-order valence-corrected chi connectivity index (χ1v) is 45.0. The summed E-state index contributed by atoms with van der Waals surface area (Å²) in [5.74, 6) is -10.4. The van der Waals surface area contributed by atoms with Gasteiger partial charge in [0.25, 0.3) is 0 Å². The van der Waals surface area contributed by atoms with Crippen molar-refractivity contribution in [2.75, 3.05) is 6.67 Å². The van der Waals surface area contributed by atoms with Crippen molar-refractivity contribution in [3.63, 3.8) is 0 Å². The Kier molecular flexibility index (Phi) is 76.0. The van der Waals surface area contributed by atoms with Crippen LogP contribution >= 0.6 is 0 Å². The second-order valence-electron chi connectivity index (χ2n) is 39.0. The van der Waals surface area contributed by atoms with Crippen molar-refractivity contribution in [1.82, 2.24) is 0 Å². The van der Waals surface area contributed by atoms with Crippen LogP contribution in [0.25, 0.3) is 0 Å². The SMILES string of the molecule is CC1C(C(F)(F)F)C(C)[C@@H](C)C1C(F)(F)F.CC1C(F)C(F)[C@@H](C)C1F.CC1CCC(C)C1C.CC1C[C@H](C)CC1C(F)(F)F.CCC(C)(C(F)(F)F)C(F)(F)F.CCC(C)(C)C.CCC(C)(C)C(F)(F)F.CCC(C)C(F)F.CCC(F)(F)C(C)C.CCCC(C)(C)C.CCCC(C)C.CCCC(C)C(F)(F)F.CCCC(C)C(F)F.CCCC(C)CF. The molecule has 0 aliphatic heterocycles. The van der Waals surface area contributed by atoms with Gasteiger partial charge in [0.15, 0.2) is 5.41 Å². The van der Waals surface area contributed by atoms with Crippen LogP contribution in [-0.2, 0) is 0 Å². The van der Waals surface area contributed by atoms with E-state index in [-0.39, 0.29) is 50.6 Å². The summed E-state index contributed by atoms with van der Waals surface area (Å²) in [5, 5.41) is 0. The number of hydrogen-bond donors (Lipinski definition) is 0. The Morgan fingerprint density at radius 2 is 0.685 bits per heavy atom. The maximum Gasteiger partial charge on any atom is 0.402 e. The topological polar surface area (TPSA) is 0 Å². The molecule has 4 aliphatic rings. The molecule has 0 aromatic carbocycles. The molecule has 124 heavy (non-hydrogen) atoms. The fourth-order valence-corrected chi connectivity index (χ4v) is 12.5. The lowest BCUT2D eigenvalue weighted by atomic mass is 9.86. The molecule has 0 saturated heterocycles. The number of halogens is 31. The van der Waals surface area contributed by atoms with Gasteiger partial charge in [-0.3, -0.25) is 4.39 Å². The molecule has 0 bridgehead atoms. The molecule has 4 fully saturated rings. The number of hydrogen-bond acceptors (Lipinski definition) is 0. The zero-order valence-electron chi connectivity index (χ0n) is 82.7. The molecule has 4 aliphatic carbocycles. The van der Waals surface area contributed by atoms with Crippen molar-refractivity contribution < 1.29 is 136 Å². The zero-order valence-corrected chi connectivity index (χ0v) is 82.7. The van der Waals surface area contributed by atoms with Crippen molar-refractivity contribution in [3.05, 3.63) is 0 Å². The molecule has 31 heteroatoms. The average Bonchev–Trinajstić information content (AvgIpc) is 1.59. The molecule has 0 N–H and O–H groups in total. The molecule has 0 radical (unpaired) electrons. The molecular weight excluding hydrogens is 1710 g/mol. The standard InChI is InChI=1S/C10H14F6.C8H13F3.C8H16.C7H11F3.C7H16.C6H8F6.2C6H11F3.2C6H12F2.C6H13F.2C6H14.C5H10F2/c1-4-5(2)8(10(14,15)16)6(3)7(4)9(11,12)13;1-5-3-6(2)7(4-5)8(9,10)11;1-6-4-5-7(2)8(6)3;1-3-5(8)4(2)7(10)6(3)9;1-5-6-7(2,3)4;1-3-4(2,5(7,8)9)6(10,11)12;1-4-5(2,3)6(7,8)9;1-3-4-5(2)6(7,8)9;1-4-6(7,8)5(2)3;1-3-4-5(2)6(7)8;1-3-4-6(2)5-7;1-5-6(2,3)4;1-4-5-6(2)3;1-3-4(2)5(6)7/h4-8H,1-3H3;5-7H,3-4H2,1-2H3;6-8H,4-5H2,1-3H3;3-7H,1-2H3;5-6H2,1-4H3;3H2,1-2H3;4H2,1-3H3;5H,3-4H2,1-2H3;5H,4H2,1-3H3;5-6H,3-4H2,1-2H3;6H,3-5H2,1-2H3;5H2,1-4H3;6H,4-5H2,1-3H3;4-5H,3H2,1-2H3/t4-,5?,6?,7?,8?;5-,6?,7?;;3-,4?,5?,6?,7?;;;;;;;;;;/m10.0........../s1. The van der Waals surface area contributed by atoms with E-state index in [0.717, 1.165) is 63.2 Å². The van der Waals surface area contributed by atoms with Gasteiger partial charge in [0.2, 0.25) is 18.8 Å². The van der Waals surface area contributed by atoms with Crippen LogP contribution < -0.4 is 0 Å². The highest BCUT2D eigenvalue weighted by molar-refractivity contribution is 4.98. The van der Waals surface area contributed by atoms with E-state index in [2.05, 4.69) is 104 Å². The van der Waals surface area contributed by atoms with E-state index in [4.69, 9.17) is 0 Å². The lowest BCUT2D eigenvalue weighted by Gasteiger charge is -2.32. The molecule has 0 aromatic rings. The maximum absolute atomic E-state index is 12.7. The smallest absolute Gasteiger partial charge is 0.251 e. The second-order valence-corrected chi connectivity index (χ2v) is 39.0. The Morgan fingerprint density at radius 1 is 0.339 bits per heavy atom. The molecule has 0 spiro atoms. The van der Waals surface area contributed by atoms with Gasteiger partial charge in [-0.05, 0) is 135 Å². The highest BCUT2D eigenvalue weighted by Gasteiger charge is 2.66. The van der Waals surface area contributed by atoms with Crippen LogP contribution in [0.2, 0.25) is 0 Å². The predicted octanol–water partition coefficient (Wildman–Crippen LogP) is 39.8. The third-order valence-electron chi connectivity index (χ3n) is 24.0. The van der Waals surface area contributed by atoms with E-state index in [9.17, 15) is 136 Å². The highest BCUT2D eigenvalue weighted by atomic mass is 19.4. The first-order valence-electron chi connectivity index (χ1n) is 45.0. The van der Waals surface area contributed by atoms with Gasteiger partial charge in [-0.1, -0.05) is 307 Å². The summed E-state index contributed by atoms with van der Waals surface area (Å²) in [6.07, 6.45) is -25.7. The van der Waals surface area contributed by atoms with E-state index in [0.29, 0.717) is 36.5 Å². The minimum atomic E-state index is -5.24. The van der Waals surface area contributed by atoms with Crippen molar-refractivity contribution >= 4 is 0 Å². The number of rotatable bonds is 17. The second kappa shape index (κ2) is 66.3. The first kappa shape index (κ1) is 142. The Hall–Kier alpha value is -2.17. The Morgan fingerprint density at radius 3 is 0.758 bits per heavy atom. The third-order valence-corrected chi connectivity index (χ3v) is 24.0. The van der Waals surface area contributed by atoms with E-state index in [1.165, 1.54) is 121 Å². The normalized spacial score (nSPS) is 25.2. The molecule has 0 heterocycles. The fourth-order valence-electron chi connectivity index (χ4n) is 12.5. The molecule has 4 rings (SSSR count). The highest BCUT2D eigenvalue weighted by Crippen LogP contribution is 2.57. The first-order chi connectivity index (χ1) is 55.1. The van der Waals surface area contributed by atoms with Crippen molar-refractivity contribution in [3.8, 4) is 0 Å². The number of alkyl halides is 31. The van der Waals surface area contributed by atoms with Gasteiger partial charge in [0.1, 0.15) is 18.5 Å². The molecule has 0 aromatic heterocycles. The quantitative estimate of drug-likeness (QED) is 0.127. The maximum atomic E-state index is 12.7. The lowest BCUT2D eigenvalue weighted by Crippen LogP contribution is -2.47. The van der Waals surface area contributed by atoms with Crippen LogP contribution in [0.3, 0.4) is 0 Å². The molecule has 0 amide bonds. The summed E-state index contributed by atoms with van der Waals surface area (Å²) >= 11 is 0. The Balaban J connectivity index is -0.000000142. The molecular formula is C93H175F31. The molecule has 4 saturated carbocycles. The van der Waals surface area contributed by atoms with Gasteiger partial charge < -0.3 is 0 Å². The van der Waals surface area contributed by atoms with Crippen molar-refractivity contribution in [2.24, 2.45) is 134 Å². The Labute approximate surface area is 732 Å².